The summed E-state index contributed by atoms with van der Waals surface area (Å²) in [6.07, 6.45) is 1.61. The molecular formula is C27H20Br2N2O6. The van der Waals surface area contributed by atoms with Gasteiger partial charge in [0.1, 0.15) is 0 Å². The topological polar surface area (TPSA) is 101 Å². The van der Waals surface area contributed by atoms with Crippen molar-refractivity contribution in [2.75, 3.05) is 16.4 Å². The second-order valence-electron chi connectivity index (χ2n) is 9.53. The maximum atomic E-state index is 13.8. The summed E-state index contributed by atoms with van der Waals surface area (Å²) in [5.41, 5.74) is 1.01. The van der Waals surface area contributed by atoms with Crippen LogP contribution in [0.2, 0.25) is 0 Å². The van der Waals surface area contributed by atoms with Gasteiger partial charge in [-0.25, -0.2) is 4.79 Å². The molecule has 6 atom stereocenters. The van der Waals surface area contributed by atoms with Gasteiger partial charge in [0.25, 0.3) is 0 Å². The Morgan fingerprint density at radius 1 is 0.703 bits per heavy atom. The SMILES string of the molecule is CCOC(=O)C1=CC2[C@H]3C(=O)N(c4ccc(Br)cc4)C(=O)[C@@H]3C1[C@H]1C(=O)N(c3ccc(Br)cc3)C(=O)[C@@H]21. The maximum absolute atomic E-state index is 13.8. The highest BCUT2D eigenvalue weighted by atomic mass is 79.9. The monoisotopic (exact) mass is 626 g/mol. The van der Waals surface area contributed by atoms with Crippen LogP contribution in [0.25, 0.3) is 0 Å². The Morgan fingerprint density at radius 2 is 1.11 bits per heavy atom. The fraction of sp³-hybridized carbons (Fsp3) is 0.296. The molecular weight excluding hydrogens is 608 g/mol. The van der Waals surface area contributed by atoms with Crippen molar-refractivity contribution in [3.05, 3.63) is 69.1 Å². The van der Waals surface area contributed by atoms with Crippen LogP contribution in [0.4, 0.5) is 11.4 Å². The van der Waals surface area contributed by atoms with E-state index >= 15 is 0 Å². The summed E-state index contributed by atoms with van der Waals surface area (Å²) in [6.45, 7) is 1.79. The molecule has 2 heterocycles. The predicted octanol–water partition coefficient (Wildman–Crippen LogP) is 3.87. The molecule has 2 aliphatic heterocycles. The largest absolute Gasteiger partial charge is 0.463 e. The van der Waals surface area contributed by atoms with Gasteiger partial charge in [-0.15, -0.1) is 0 Å². The van der Waals surface area contributed by atoms with Crippen molar-refractivity contribution in [3.63, 3.8) is 0 Å². The fourth-order valence-corrected chi connectivity index (χ4v) is 6.99. The molecule has 5 aliphatic rings. The highest BCUT2D eigenvalue weighted by molar-refractivity contribution is 9.10. The van der Waals surface area contributed by atoms with Gasteiger partial charge in [0.15, 0.2) is 0 Å². The van der Waals surface area contributed by atoms with Crippen LogP contribution >= 0.6 is 31.9 Å². The average molecular weight is 628 g/mol. The lowest BCUT2D eigenvalue weighted by atomic mass is 9.52. The number of anilines is 2. The molecule has 0 N–H and O–H groups in total. The third-order valence-corrected chi connectivity index (χ3v) is 8.87. The van der Waals surface area contributed by atoms with E-state index in [1.807, 2.05) is 0 Å². The van der Waals surface area contributed by atoms with Gasteiger partial charge in [-0.05, 0) is 55.5 Å². The first-order chi connectivity index (χ1) is 17.7. The van der Waals surface area contributed by atoms with Crippen molar-refractivity contribution in [2.24, 2.45) is 35.5 Å². The van der Waals surface area contributed by atoms with Crippen molar-refractivity contribution in [1.29, 1.82) is 0 Å². The van der Waals surface area contributed by atoms with Gasteiger partial charge in [0.05, 0.1) is 41.7 Å². The summed E-state index contributed by atoms with van der Waals surface area (Å²) in [5.74, 6) is -7.70. The first kappa shape index (κ1) is 24.2. The second-order valence-corrected chi connectivity index (χ2v) is 11.4. The van der Waals surface area contributed by atoms with E-state index in [4.69, 9.17) is 4.74 Å². The van der Waals surface area contributed by atoms with E-state index in [1.54, 1.807) is 61.5 Å². The minimum atomic E-state index is -0.937. The van der Waals surface area contributed by atoms with E-state index in [1.165, 1.54) is 0 Å². The van der Waals surface area contributed by atoms with Gasteiger partial charge in [-0.3, -0.25) is 29.0 Å². The Hall–Kier alpha value is -3.11. The number of esters is 1. The molecule has 2 saturated heterocycles. The standard InChI is InChI=1S/C27H20Br2N2O6/c1-2-37-27(36)17-11-16-19-21(25(34)30(23(19)32)14-7-3-12(28)4-8-14)18(17)22-20(16)24(33)31(26(22)35)15-9-5-13(29)6-10-15/h3-11,16,18-22H,2H2,1H3/t16?,18?,19-,20+,21-,22-/m1/s1. The Kier molecular flexibility index (Phi) is 5.72. The zero-order valence-corrected chi connectivity index (χ0v) is 22.6. The fourth-order valence-electron chi connectivity index (χ4n) is 6.46. The summed E-state index contributed by atoms with van der Waals surface area (Å²) in [4.78, 5) is 70.3. The number of halogens is 2. The minimum absolute atomic E-state index is 0.117. The third kappa shape index (κ3) is 3.41. The van der Waals surface area contributed by atoms with Crippen molar-refractivity contribution in [2.45, 2.75) is 6.92 Å². The Bertz CT molecular complexity index is 1310. The molecule has 10 heteroatoms. The van der Waals surface area contributed by atoms with Crippen LogP contribution < -0.4 is 9.80 Å². The molecule has 7 rings (SSSR count). The lowest BCUT2D eigenvalue weighted by Gasteiger charge is -2.46. The second kappa shape index (κ2) is 8.73. The Balaban J connectivity index is 1.46. The smallest absolute Gasteiger partial charge is 0.334 e. The highest BCUT2D eigenvalue weighted by Crippen LogP contribution is 2.61. The van der Waals surface area contributed by atoms with Gasteiger partial charge in [0.2, 0.25) is 23.6 Å². The molecule has 188 valence electrons. The van der Waals surface area contributed by atoms with Gasteiger partial charge >= 0.3 is 5.97 Å². The zero-order valence-electron chi connectivity index (χ0n) is 19.5. The van der Waals surface area contributed by atoms with Gasteiger partial charge in [0, 0.05) is 26.4 Å². The molecule has 0 aromatic heterocycles. The number of hydrogen-bond acceptors (Lipinski definition) is 6. The molecule has 4 amide bonds. The molecule has 2 bridgehead atoms. The van der Waals surface area contributed by atoms with Crippen molar-refractivity contribution >= 4 is 72.8 Å². The molecule has 2 unspecified atom stereocenters. The van der Waals surface area contributed by atoms with E-state index in [-0.39, 0.29) is 12.2 Å². The Labute approximate surface area is 228 Å². The lowest BCUT2D eigenvalue weighted by molar-refractivity contribution is -0.146. The van der Waals surface area contributed by atoms with E-state index in [0.29, 0.717) is 11.4 Å². The van der Waals surface area contributed by atoms with E-state index in [2.05, 4.69) is 31.9 Å². The number of carbonyl (C=O) groups excluding carboxylic acids is 5. The number of amides is 4. The maximum Gasteiger partial charge on any atom is 0.334 e. The molecule has 1 saturated carbocycles. The minimum Gasteiger partial charge on any atom is -0.463 e. The summed E-state index contributed by atoms with van der Waals surface area (Å²) >= 11 is 6.71. The third-order valence-electron chi connectivity index (χ3n) is 7.81. The average Bonchev–Trinajstić information content (AvgIpc) is 3.32. The van der Waals surface area contributed by atoms with Crippen LogP contribution in [-0.2, 0) is 28.7 Å². The van der Waals surface area contributed by atoms with Crippen LogP contribution in [0.3, 0.4) is 0 Å². The molecule has 3 fully saturated rings. The van der Waals surface area contributed by atoms with Crippen LogP contribution in [0.5, 0.6) is 0 Å². The molecule has 37 heavy (non-hydrogen) atoms. The van der Waals surface area contributed by atoms with Crippen LogP contribution in [0, 0.1) is 35.5 Å². The van der Waals surface area contributed by atoms with Gasteiger partial charge in [-0.2, -0.15) is 0 Å². The number of carbonyl (C=O) groups is 5. The highest BCUT2D eigenvalue weighted by Gasteiger charge is 2.71. The summed E-state index contributed by atoms with van der Waals surface area (Å²) in [6, 6.07) is 13.5. The number of ether oxygens (including phenoxy) is 1. The normalized spacial score (nSPS) is 30.0. The number of allylic oxidation sites excluding steroid dienone is 1. The number of imide groups is 2. The van der Waals surface area contributed by atoms with Crippen molar-refractivity contribution < 1.29 is 28.7 Å². The van der Waals surface area contributed by atoms with Crippen LogP contribution in [0.15, 0.2) is 69.1 Å². The Morgan fingerprint density at radius 3 is 1.51 bits per heavy atom. The summed E-state index contributed by atoms with van der Waals surface area (Å²) in [7, 11) is 0. The first-order valence-corrected chi connectivity index (χ1v) is 13.5. The zero-order chi connectivity index (χ0) is 26.2. The molecule has 2 aromatic rings. The number of hydrogen-bond donors (Lipinski definition) is 0. The van der Waals surface area contributed by atoms with Gasteiger partial charge < -0.3 is 4.74 Å². The summed E-state index contributed by atoms with van der Waals surface area (Å²) < 4.78 is 6.85. The van der Waals surface area contributed by atoms with E-state index < -0.39 is 65.1 Å². The first-order valence-electron chi connectivity index (χ1n) is 11.9. The van der Waals surface area contributed by atoms with Crippen molar-refractivity contribution in [1.82, 2.24) is 0 Å². The number of benzene rings is 2. The quantitative estimate of drug-likeness (QED) is 0.377. The molecule has 0 spiro atoms. The van der Waals surface area contributed by atoms with Crippen molar-refractivity contribution in [3.8, 4) is 0 Å². The van der Waals surface area contributed by atoms with E-state index in [0.717, 1.165) is 18.7 Å². The van der Waals surface area contributed by atoms with Crippen LogP contribution in [-0.4, -0.2) is 36.2 Å². The molecule has 8 nitrogen and oxygen atoms in total. The van der Waals surface area contributed by atoms with Crippen LogP contribution in [0.1, 0.15) is 6.92 Å². The number of rotatable bonds is 4. The predicted molar refractivity (Wildman–Crippen MR) is 139 cm³/mol. The van der Waals surface area contributed by atoms with E-state index in [9.17, 15) is 24.0 Å². The van der Waals surface area contributed by atoms with Gasteiger partial charge in [-0.1, -0.05) is 37.9 Å². The molecule has 2 aromatic carbocycles. The molecule has 3 aliphatic carbocycles. The number of nitrogens with zero attached hydrogens (tertiary/aromatic N) is 2. The summed E-state index contributed by atoms with van der Waals surface area (Å²) in [5, 5.41) is 0. The lowest BCUT2D eigenvalue weighted by Crippen LogP contribution is -2.53. The molecule has 0 radical (unpaired) electrons.